The molecule has 0 aromatic carbocycles. The van der Waals surface area contributed by atoms with Crippen molar-refractivity contribution in [3.8, 4) is 0 Å². The second-order valence-electron chi connectivity index (χ2n) is 2.53. The molecule has 0 radical (unpaired) electrons. The summed E-state index contributed by atoms with van der Waals surface area (Å²) >= 11 is 4.22. The van der Waals surface area contributed by atoms with E-state index in [4.69, 9.17) is 4.74 Å². The number of rotatable bonds is 6. The summed E-state index contributed by atoms with van der Waals surface area (Å²) in [5.41, 5.74) is 0. The highest BCUT2D eigenvalue weighted by molar-refractivity contribution is 7.80. The van der Waals surface area contributed by atoms with E-state index < -0.39 is 0 Å². The van der Waals surface area contributed by atoms with Crippen molar-refractivity contribution in [3.63, 3.8) is 0 Å². The van der Waals surface area contributed by atoms with Gasteiger partial charge < -0.3 is 4.74 Å². The lowest BCUT2D eigenvalue weighted by atomic mass is 10.1. The first-order chi connectivity index (χ1) is 4.85. The standard InChI is InChI=1S/C8H18OS/c1-3-5-9-6-8(4-2)7-10/h8,10H,3-7H2,1-2H3. The third kappa shape index (κ3) is 5.12. The van der Waals surface area contributed by atoms with Crippen LogP contribution in [0.15, 0.2) is 0 Å². The summed E-state index contributed by atoms with van der Waals surface area (Å²) in [7, 11) is 0. The zero-order chi connectivity index (χ0) is 7.82. The van der Waals surface area contributed by atoms with Crippen LogP contribution in [0.1, 0.15) is 26.7 Å². The van der Waals surface area contributed by atoms with Crippen LogP contribution >= 0.6 is 12.6 Å². The monoisotopic (exact) mass is 162 g/mol. The van der Waals surface area contributed by atoms with Crippen LogP contribution in [0.4, 0.5) is 0 Å². The smallest absolute Gasteiger partial charge is 0.0501 e. The number of hydrogen-bond donors (Lipinski definition) is 1. The average Bonchev–Trinajstić information content (AvgIpc) is 1.99. The molecule has 0 N–H and O–H groups in total. The number of ether oxygens (including phenoxy) is 1. The van der Waals surface area contributed by atoms with Crippen molar-refractivity contribution < 1.29 is 4.74 Å². The topological polar surface area (TPSA) is 9.23 Å². The Morgan fingerprint density at radius 2 is 2.10 bits per heavy atom. The van der Waals surface area contributed by atoms with Gasteiger partial charge in [-0.2, -0.15) is 12.6 Å². The quantitative estimate of drug-likeness (QED) is 0.466. The van der Waals surface area contributed by atoms with Gasteiger partial charge in [0.1, 0.15) is 0 Å². The molecule has 0 spiro atoms. The van der Waals surface area contributed by atoms with E-state index in [2.05, 4.69) is 26.5 Å². The predicted octanol–water partition coefficient (Wildman–Crippen LogP) is 2.37. The van der Waals surface area contributed by atoms with Gasteiger partial charge in [-0.05, 0) is 18.1 Å². The maximum Gasteiger partial charge on any atom is 0.0501 e. The Bertz CT molecular complexity index is 62.3. The van der Waals surface area contributed by atoms with E-state index in [9.17, 15) is 0 Å². The van der Waals surface area contributed by atoms with Crippen molar-refractivity contribution in [1.82, 2.24) is 0 Å². The second-order valence-corrected chi connectivity index (χ2v) is 2.90. The molecule has 0 aliphatic carbocycles. The summed E-state index contributed by atoms with van der Waals surface area (Å²) in [6.45, 7) is 6.08. The molecule has 0 amide bonds. The molecule has 0 aromatic rings. The van der Waals surface area contributed by atoms with Crippen LogP contribution in [-0.4, -0.2) is 19.0 Å². The largest absolute Gasteiger partial charge is 0.381 e. The van der Waals surface area contributed by atoms with Gasteiger partial charge >= 0.3 is 0 Å². The van der Waals surface area contributed by atoms with Crippen LogP contribution < -0.4 is 0 Å². The van der Waals surface area contributed by atoms with Gasteiger partial charge in [0.25, 0.3) is 0 Å². The number of hydrogen-bond acceptors (Lipinski definition) is 2. The molecule has 1 unspecified atom stereocenters. The second kappa shape index (κ2) is 7.42. The van der Waals surface area contributed by atoms with Crippen molar-refractivity contribution in [2.45, 2.75) is 26.7 Å². The normalized spacial score (nSPS) is 13.5. The molecule has 62 valence electrons. The molecule has 0 bridgehead atoms. The van der Waals surface area contributed by atoms with Gasteiger partial charge in [-0.25, -0.2) is 0 Å². The molecule has 10 heavy (non-hydrogen) atoms. The van der Waals surface area contributed by atoms with Gasteiger partial charge in [-0.3, -0.25) is 0 Å². The highest BCUT2D eigenvalue weighted by Gasteiger charge is 2.01. The molecule has 0 aliphatic heterocycles. The summed E-state index contributed by atoms with van der Waals surface area (Å²) in [5.74, 6) is 1.59. The van der Waals surface area contributed by atoms with Crippen molar-refractivity contribution in [2.75, 3.05) is 19.0 Å². The summed E-state index contributed by atoms with van der Waals surface area (Å²) in [4.78, 5) is 0. The molecule has 0 aromatic heterocycles. The van der Waals surface area contributed by atoms with Crippen LogP contribution in [0.25, 0.3) is 0 Å². The Balaban J connectivity index is 3.09. The van der Waals surface area contributed by atoms with E-state index in [0.717, 1.165) is 25.4 Å². The summed E-state index contributed by atoms with van der Waals surface area (Å²) in [6.07, 6.45) is 2.29. The predicted molar refractivity (Wildman–Crippen MR) is 48.7 cm³/mol. The fraction of sp³-hybridized carbons (Fsp3) is 1.00. The molecule has 0 rings (SSSR count). The lowest BCUT2D eigenvalue weighted by Gasteiger charge is -2.10. The molecule has 0 aliphatic rings. The van der Waals surface area contributed by atoms with Gasteiger partial charge in [0, 0.05) is 6.61 Å². The zero-order valence-electron chi connectivity index (χ0n) is 6.97. The molecule has 0 saturated carbocycles. The van der Waals surface area contributed by atoms with E-state index in [0.29, 0.717) is 5.92 Å². The van der Waals surface area contributed by atoms with Crippen LogP contribution in [-0.2, 0) is 4.74 Å². The SMILES string of the molecule is CCCOCC(CC)CS. The third-order valence-corrected chi connectivity index (χ3v) is 2.05. The van der Waals surface area contributed by atoms with Crippen LogP contribution in [0.5, 0.6) is 0 Å². The molecule has 2 heteroatoms. The Hall–Kier alpha value is 0.310. The summed E-state index contributed by atoms with van der Waals surface area (Å²) in [6, 6.07) is 0. The Labute approximate surface area is 69.6 Å². The highest BCUT2D eigenvalue weighted by atomic mass is 32.1. The van der Waals surface area contributed by atoms with Crippen molar-refractivity contribution in [3.05, 3.63) is 0 Å². The van der Waals surface area contributed by atoms with Crippen molar-refractivity contribution in [1.29, 1.82) is 0 Å². The third-order valence-electron chi connectivity index (χ3n) is 1.54. The Morgan fingerprint density at radius 1 is 1.40 bits per heavy atom. The first-order valence-corrected chi connectivity index (χ1v) is 4.66. The molecule has 0 saturated heterocycles. The highest BCUT2D eigenvalue weighted by Crippen LogP contribution is 2.04. The maximum atomic E-state index is 5.38. The minimum atomic E-state index is 0.648. The van der Waals surface area contributed by atoms with Crippen molar-refractivity contribution in [2.24, 2.45) is 5.92 Å². The van der Waals surface area contributed by atoms with Crippen LogP contribution in [0.2, 0.25) is 0 Å². The van der Waals surface area contributed by atoms with Gasteiger partial charge in [-0.15, -0.1) is 0 Å². The molecular weight excluding hydrogens is 144 g/mol. The van der Waals surface area contributed by atoms with Gasteiger partial charge in [0.05, 0.1) is 6.61 Å². The first kappa shape index (κ1) is 10.3. The van der Waals surface area contributed by atoms with Crippen LogP contribution in [0.3, 0.4) is 0 Å². The van der Waals surface area contributed by atoms with E-state index >= 15 is 0 Å². The van der Waals surface area contributed by atoms with E-state index in [1.54, 1.807) is 0 Å². The summed E-state index contributed by atoms with van der Waals surface area (Å²) < 4.78 is 5.38. The van der Waals surface area contributed by atoms with Crippen molar-refractivity contribution >= 4 is 12.6 Å². The Morgan fingerprint density at radius 3 is 2.50 bits per heavy atom. The summed E-state index contributed by atoms with van der Waals surface area (Å²) in [5, 5.41) is 0. The fourth-order valence-electron chi connectivity index (χ4n) is 0.694. The zero-order valence-corrected chi connectivity index (χ0v) is 7.86. The van der Waals surface area contributed by atoms with E-state index in [-0.39, 0.29) is 0 Å². The number of thiol groups is 1. The lowest BCUT2D eigenvalue weighted by molar-refractivity contribution is 0.106. The first-order valence-electron chi connectivity index (χ1n) is 4.03. The van der Waals surface area contributed by atoms with Gasteiger partial charge in [-0.1, -0.05) is 20.3 Å². The maximum absolute atomic E-state index is 5.38. The molecule has 0 fully saturated rings. The Kier molecular flexibility index (Phi) is 7.65. The van der Waals surface area contributed by atoms with E-state index in [1.165, 1.54) is 6.42 Å². The minimum absolute atomic E-state index is 0.648. The molecule has 1 atom stereocenters. The molecule has 1 nitrogen and oxygen atoms in total. The molecule has 0 heterocycles. The fourth-order valence-corrected chi connectivity index (χ4v) is 1.06. The van der Waals surface area contributed by atoms with Gasteiger partial charge in [0.2, 0.25) is 0 Å². The van der Waals surface area contributed by atoms with Gasteiger partial charge in [0.15, 0.2) is 0 Å². The van der Waals surface area contributed by atoms with Crippen LogP contribution in [0, 0.1) is 5.92 Å². The average molecular weight is 162 g/mol. The minimum Gasteiger partial charge on any atom is -0.381 e. The van der Waals surface area contributed by atoms with E-state index in [1.807, 2.05) is 0 Å². The molecular formula is C8H18OS. The lowest BCUT2D eigenvalue weighted by Crippen LogP contribution is -2.10.